The van der Waals surface area contributed by atoms with Crippen LogP contribution in [0.5, 0.6) is 5.75 Å². The van der Waals surface area contributed by atoms with Crippen LogP contribution in [0, 0.1) is 0 Å². The Hall–Kier alpha value is -3.65. The Kier molecular flexibility index (Phi) is 4.35. The lowest BCUT2D eigenvalue weighted by Gasteiger charge is -2.17. The van der Waals surface area contributed by atoms with Crippen LogP contribution < -0.4 is 5.43 Å². The Bertz CT molecular complexity index is 1350. The normalized spacial score (nSPS) is 11.1. The lowest BCUT2D eigenvalue weighted by Crippen LogP contribution is -2.06. The summed E-state index contributed by atoms with van der Waals surface area (Å²) < 4.78 is 6.13. The van der Waals surface area contributed by atoms with Crippen molar-refractivity contribution < 1.29 is 29.3 Å². The van der Waals surface area contributed by atoms with Crippen LogP contribution in [0.2, 0.25) is 0 Å². The van der Waals surface area contributed by atoms with Crippen molar-refractivity contribution in [1.82, 2.24) is 0 Å². The minimum Gasteiger partial charge on any atom is -0.507 e. The second kappa shape index (κ2) is 6.75. The molecule has 0 fully saturated rings. The number of phenols is 1. The van der Waals surface area contributed by atoms with Gasteiger partial charge >= 0.3 is 11.9 Å². The maximum Gasteiger partial charge on any atom is 0.336 e. The minimum absolute atomic E-state index is 0.0930. The molecule has 2 aromatic rings. The summed E-state index contributed by atoms with van der Waals surface area (Å²) >= 11 is 3.24. The van der Waals surface area contributed by atoms with E-state index in [-0.39, 0.29) is 39.2 Å². The highest BCUT2D eigenvalue weighted by Gasteiger charge is 2.23. The van der Waals surface area contributed by atoms with Gasteiger partial charge in [-0.3, -0.25) is 4.79 Å². The van der Waals surface area contributed by atoms with Crippen molar-refractivity contribution in [2.24, 2.45) is 0 Å². The van der Waals surface area contributed by atoms with Crippen LogP contribution >= 0.6 is 15.9 Å². The number of phenolic OH excluding ortho intramolecular Hbond substituents is 1. The second-order valence-corrected chi connectivity index (χ2v) is 7.16. The van der Waals surface area contributed by atoms with E-state index in [9.17, 15) is 29.7 Å². The molecule has 0 aromatic heterocycles. The number of carbonyl (C=O) groups is 2. The van der Waals surface area contributed by atoms with Crippen LogP contribution in [0.25, 0.3) is 33.4 Å². The monoisotopic (exact) mass is 454 g/mol. The van der Waals surface area contributed by atoms with Gasteiger partial charge in [0.05, 0.1) is 15.6 Å². The fraction of sp³-hybridized carbons (Fsp3) is 0. The lowest BCUT2D eigenvalue weighted by molar-refractivity contribution is 0.0696. The van der Waals surface area contributed by atoms with Crippen molar-refractivity contribution in [3.8, 4) is 28.2 Å². The van der Waals surface area contributed by atoms with Gasteiger partial charge in [-0.25, -0.2) is 9.59 Å². The molecule has 1 aliphatic carbocycles. The molecule has 0 spiro atoms. The van der Waals surface area contributed by atoms with E-state index < -0.39 is 11.9 Å². The van der Waals surface area contributed by atoms with Gasteiger partial charge in [0, 0.05) is 28.6 Å². The fourth-order valence-electron chi connectivity index (χ4n) is 3.24. The van der Waals surface area contributed by atoms with E-state index in [1.165, 1.54) is 36.4 Å². The van der Waals surface area contributed by atoms with Crippen LogP contribution in [-0.2, 0) is 0 Å². The number of carboxylic acids is 2. The first-order chi connectivity index (χ1) is 13.8. The summed E-state index contributed by atoms with van der Waals surface area (Å²) in [5, 5.41) is 29.4. The van der Waals surface area contributed by atoms with Crippen molar-refractivity contribution >= 4 is 38.8 Å². The molecular weight excluding hydrogens is 444 g/mol. The minimum atomic E-state index is -1.30. The van der Waals surface area contributed by atoms with E-state index in [0.29, 0.717) is 21.0 Å². The Labute approximate surface area is 170 Å². The first kappa shape index (κ1) is 18.7. The molecule has 1 heterocycles. The zero-order valence-corrected chi connectivity index (χ0v) is 16.1. The summed E-state index contributed by atoms with van der Waals surface area (Å²) in [4.78, 5) is 35.0. The van der Waals surface area contributed by atoms with Crippen molar-refractivity contribution in [3.05, 3.63) is 74.4 Å². The van der Waals surface area contributed by atoms with Crippen LogP contribution in [0.1, 0.15) is 20.7 Å². The molecule has 2 aliphatic rings. The van der Waals surface area contributed by atoms with E-state index in [0.717, 1.165) is 6.07 Å². The van der Waals surface area contributed by atoms with E-state index in [4.69, 9.17) is 4.42 Å². The Morgan fingerprint density at radius 3 is 2.31 bits per heavy atom. The third-order valence-corrected chi connectivity index (χ3v) is 5.16. The molecule has 0 radical (unpaired) electrons. The van der Waals surface area contributed by atoms with Crippen molar-refractivity contribution in [2.75, 3.05) is 0 Å². The van der Waals surface area contributed by atoms with Gasteiger partial charge in [-0.2, -0.15) is 0 Å². The molecule has 3 N–H and O–H groups in total. The molecule has 0 bridgehead atoms. The molecule has 29 heavy (non-hydrogen) atoms. The predicted molar refractivity (Wildman–Crippen MR) is 108 cm³/mol. The topological polar surface area (TPSA) is 125 Å². The maximum atomic E-state index is 11.9. The van der Waals surface area contributed by atoms with Gasteiger partial charge in [0.15, 0.2) is 5.43 Å². The summed E-state index contributed by atoms with van der Waals surface area (Å²) in [5.74, 6) is -2.44. The number of carboxylic acid groups (broad SMARTS) is 2. The van der Waals surface area contributed by atoms with E-state index in [2.05, 4.69) is 15.9 Å². The third kappa shape index (κ3) is 3.13. The van der Waals surface area contributed by atoms with Crippen molar-refractivity contribution in [2.45, 2.75) is 0 Å². The van der Waals surface area contributed by atoms with Crippen LogP contribution in [0.3, 0.4) is 0 Å². The standard InChI is InChI=1S/C21H11BrO7/c22-15-7-14-18(8-16(15)24)29-17-6-10(23)2-4-12(17)19(14)11-3-1-9(20(25)26)5-13(11)21(27)28/h1-8,24H,(H,25,26)(H,27,28). The molecule has 0 amide bonds. The van der Waals surface area contributed by atoms with Crippen LogP contribution in [-0.4, -0.2) is 27.3 Å². The van der Waals surface area contributed by atoms with Gasteiger partial charge < -0.3 is 19.7 Å². The number of rotatable bonds is 3. The predicted octanol–water partition coefficient (Wildman–Crippen LogP) is 4.43. The molecule has 0 atom stereocenters. The first-order valence-corrected chi connectivity index (χ1v) is 9.05. The molecule has 2 aromatic carbocycles. The van der Waals surface area contributed by atoms with Gasteiger partial charge in [-0.15, -0.1) is 0 Å². The van der Waals surface area contributed by atoms with Crippen LogP contribution in [0.15, 0.2) is 62.2 Å². The molecule has 1 aliphatic heterocycles. The number of aromatic hydroxyl groups is 1. The molecule has 8 heteroatoms. The average molecular weight is 455 g/mol. The highest BCUT2D eigenvalue weighted by molar-refractivity contribution is 9.10. The number of hydrogen-bond acceptors (Lipinski definition) is 5. The Morgan fingerprint density at radius 1 is 0.897 bits per heavy atom. The summed E-state index contributed by atoms with van der Waals surface area (Å²) in [6.45, 7) is 0. The van der Waals surface area contributed by atoms with E-state index >= 15 is 0 Å². The molecule has 0 saturated carbocycles. The number of fused-ring (bicyclic) bond motifs is 2. The largest absolute Gasteiger partial charge is 0.507 e. The zero-order chi connectivity index (χ0) is 20.9. The number of benzene rings is 3. The van der Waals surface area contributed by atoms with E-state index in [1.807, 2.05) is 0 Å². The van der Waals surface area contributed by atoms with Gasteiger partial charge in [0.1, 0.15) is 17.1 Å². The van der Waals surface area contributed by atoms with E-state index in [1.54, 1.807) is 6.07 Å². The van der Waals surface area contributed by atoms with Crippen molar-refractivity contribution in [3.63, 3.8) is 0 Å². The Balaban J connectivity index is 2.20. The summed E-state index contributed by atoms with van der Waals surface area (Å²) in [7, 11) is 0. The SMILES string of the molecule is O=C(O)c1ccc(-c2c3ccc(=O)cc-3oc3cc(O)c(Br)cc23)c(C(=O)O)c1. The number of halogens is 1. The number of aromatic carboxylic acids is 2. The third-order valence-electron chi connectivity index (χ3n) is 4.53. The quantitative estimate of drug-likeness (QED) is 0.391. The summed E-state index contributed by atoms with van der Waals surface area (Å²) in [6.07, 6.45) is 0. The molecule has 144 valence electrons. The zero-order valence-electron chi connectivity index (χ0n) is 14.5. The molecule has 4 rings (SSSR count). The fourth-order valence-corrected chi connectivity index (χ4v) is 3.59. The lowest BCUT2D eigenvalue weighted by atomic mass is 9.90. The highest BCUT2D eigenvalue weighted by atomic mass is 79.9. The molecule has 0 saturated heterocycles. The van der Waals surface area contributed by atoms with Gasteiger partial charge in [-0.05, 0) is 51.8 Å². The summed E-state index contributed by atoms with van der Waals surface area (Å²) in [6, 6.07) is 10.8. The summed E-state index contributed by atoms with van der Waals surface area (Å²) in [5.41, 5.74) is 0.723. The van der Waals surface area contributed by atoms with Gasteiger partial charge in [0.2, 0.25) is 0 Å². The highest BCUT2D eigenvalue weighted by Crippen LogP contribution is 2.43. The molecular formula is C21H11BrO7. The average Bonchev–Trinajstić information content (AvgIpc) is 2.67. The number of hydrogen-bond donors (Lipinski definition) is 3. The second-order valence-electron chi connectivity index (χ2n) is 6.31. The Morgan fingerprint density at radius 2 is 1.62 bits per heavy atom. The first-order valence-electron chi connectivity index (χ1n) is 8.26. The van der Waals surface area contributed by atoms with Crippen LogP contribution in [0.4, 0.5) is 0 Å². The van der Waals surface area contributed by atoms with Crippen molar-refractivity contribution in [1.29, 1.82) is 0 Å². The molecule has 0 unspecified atom stereocenters. The smallest absolute Gasteiger partial charge is 0.336 e. The van der Waals surface area contributed by atoms with Gasteiger partial charge in [-0.1, -0.05) is 6.07 Å². The molecule has 7 nitrogen and oxygen atoms in total. The van der Waals surface area contributed by atoms with Gasteiger partial charge in [0.25, 0.3) is 0 Å². The maximum absolute atomic E-state index is 11.9.